The van der Waals surface area contributed by atoms with Gasteiger partial charge in [-0.1, -0.05) is 48.5 Å². The van der Waals surface area contributed by atoms with Crippen molar-refractivity contribution in [3.05, 3.63) is 114 Å². The van der Waals surface area contributed by atoms with Gasteiger partial charge < -0.3 is 0 Å². The second-order valence-electron chi connectivity index (χ2n) is 11.7. The van der Waals surface area contributed by atoms with Gasteiger partial charge in [-0.15, -0.1) is 0 Å². The van der Waals surface area contributed by atoms with E-state index in [1.165, 1.54) is 21.5 Å². The molecule has 6 heteroatoms. The molecular formula is C37H22N6. The molecule has 6 nitrogen and oxygen atoms in total. The molecular weight excluding hydrogens is 528 g/mol. The highest BCUT2D eigenvalue weighted by molar-refractivity contribution is 6.08. The lowest BCUT2D eigenvalue weighted by molar-refractivity contribution is 1.15. The van der Waals surface area contributed by atoms with Crippen LogP contribution in [-0.2, 0) is 0 Å². The lowest BCUT2D eigenvalue weighted by Crippen LogP contribution is -1.93. The van der Waals surface area contributed by atoms with Gasteiger partial charge in [0.15, 0.2) is 0 Å². The topological polar surface area (TPSA) is 62.8 Å². The second kappa shape index (κ2) is 7.67. The molecule has 4 heterocycles. The zero-order valence-corrected chi connectivity index (χ0v) is 23.4. The molecule has 0 unspecified atom stereocenters. The van der Waals surface area contributed by atoms with Gasteiger partial charge in [0.25, 0.3) is 0 Å². The van der Waals surface area contributed by atoms with Crippen molar-refractivity contribution in [2.75, 3.05) is 0 Å². The minimum Gasteiger partial charge on any atom is -0.276 e. The van der Waals surface area contributed by atoms with Crippen LogP contribution in [0.3, 0.4) is 0 Å². The summed E-state index contributed by atoms with van der Waals surface area (Å²) in [6.45, 7) is 4.19. The van der Waals surface area contributed by atoms with E-state index < -0.39 is 0 Å². The fraction of sp³-hybridized carbons (Fsp3) is 0.0541. The molecule has 10 rings (SSSR count). The van der Waals surface area contributed by atoms with E-state index in [0.717, 1.165) is 72.4 Å². The normalized spacial score (nSPS) is 12.4. The molecule has 0 aliphatic carbocycles. The first-order chi connectivity index (χ1) is 21.1. The van der Waals surface area contributed by atoms with E-state index in [1.54, 1.807) is 0 Å². The fourth-order valence-electron chi connectivity index (χ4n) is 7.37. The van der Waals surface area contributed by atoms with Crippen LogP contribution in [0.4, 0.5) is 0 Å². The van der Waals surface area contributed by atoms with Gasteiger partial charge >= 0.3 is 0 Å². The molecule has 4 aromatic heterocycles. The van der Waals surface area contributed by atoms with Crippen LogP contribution in [0, 0.1) is 25.2 Å². The Hall–Kier alpha value is -5.93. The van der Waals surface area contributed by atoms with Gasteiger partial charge in [-0.3, -0.25) is 8.80 Å². The van der Waals surface area contributed by atoms with Crippen molar-refractivity contribution in [2.45, 2.75) is 13.8 Å². The van der Waals surface area contributed by atoms with Crippen LogP contribution in [0.15, 0.2) is 97.1 Å². The summed E-state index contributed by atoms with van der Waals surface area (Å²) in [5.41, 5.74) is 12.4. The molecule has 0 aliphatic rings. The van der Waals surface area contributed by atoms with Crippen molar-refractivity contribution < 1.29 is 0 Å². The zero-order valence-electron chi connectivity index (χ0n) is 23.4. The lowest BCUT2D eigenvalue weighted by Gasteiger charge is -2.12. The van der Waals surface area contributed by atoms with Crippen LogP contribution in [0.1, 0.15) is 16.7 Å². The van der Waals surface area contributed by atoms with Crippen LogP contribution in [-0.4, -0.2) is 23.2 Å². The number of hydrogen-bond acceptors (Lipinski definition) is 3. The molecule has 6 aromatic carbocycles. The molecule has 0 atom stereocenters. The Labute approximate surface area is 244 Å². The second-order valence-corrected chi connectivity index (χ2v) is 11.7. The van der Waals surface area contributed by atoms with Gasteiger partial charge in [-0.25, -0.2) is 14.4 Å². The predicted octanol–water partition coefficient (Wildman–Crippen LogP) is 8.59. The Morgan fingerprint density at radius 3 is 1.49 bits per heavy atom. The van der Waals surface area contributed by atoms with Crippen LogP contribution >= 0.6 is 0 Å². The number of rotatable bonds is 1. The number of aromatic nitrogens is 5. The number of nitriles is 1. The third-order valence-corrected chi connectivity index (χ3v) is 9.13. The van der Waals surface area contributed by atoms with E-state index in [0.29, 0.717) is 5.56 Å². The maximum absolute atomic E-state index is 9.61. The summed E-state index contributed by atoms with van der Waals surface area (Å²) in [7, 11) is 0. The van der Waals surface area contributed by atoms with Crippen molar-refractivity contribution in [2.24, 2.45) is 0 Å². The molecule has 0 saturated heterocycles. The van der Waals surface area contributed by atoms with Gasteiger partial charge in [0.2, 0.25) is 11.6 Å². The summed E-state index contributed by atoms with van der Waals surface area (Å²) < 4.78 is 6.80. The Bertz CT molecular complexity index is 2690. The average molecular weight is 551 g/mol. The summed E-state index contributed by atoms with van der Waals surface area (Å²) in [4.78, 5) is 10.5. The van der Waals surface area contributed by atoms with Crippen LogP contribution in [0.2, 0.25) is 0 Å². The molecule has 0 radical (unpaired) electrons. The monoisotopic (exact) mass is 550 g/mol. The van der Waals surface area contributed by atoms with E-state index in [9.17, 15) is 5.26 Å². The first kappa shape index (κ1) is 22.7. The van der Waals surface area contributed by atoms with Crippen LogP contribution < -0.4 is 0 Å². The fourth-order valence-corrected chi connectivity index (χ4v) is 7.37. The number of fused-ring (bicyclic) bond motifs is 12. The molecule has 0 fully saturated rings. The third kappa shape index (κ3) is 2.81. The van der Waals surface area contributed by atoms with Crippen LogP contribution in [0.5, 0.6) is 0 Å². The molecule has 0 N–H and O–H groups in total. The van der Waals surface area contributed by atoms with Gasteiger partial charge in [-0.2, -0.15) is 5.26 Å². The first-order valence-electron chi connectivity index (χ1n) is 14.4. The minimum absolute atomic E-state index is 0.681. The third-order valence-electron chi connectivity index (χ3n) is 9.13. The number of imidazole rings is 4. The number of hydrogen-bond donors (Lipinski definition) is 0. The molecule has 0 aliphatic heterocycles. The molecule has 0 bridgehead atoms. The SMILES string of the molecule is Cc1cc(C#N)cc(C)c1-c1cc2c3c(c1)n1c4cc5ccccc5cc4nc1n3c1nc3cc4ccccc4cc3n21. The highest BCUT2D eigenvalue weighted by Crippen LogP contribution is 2.40. The molecule has 0 spiro atoms. The molecule has 0 amide bonds. The van der Waals surface area contributed by atoms with E-state index in [2.05, 4.69) is 118 Å². The molecule has 43 heavy (non-hydrogen) atoms. The van der Waals surface area contributed by atoms with E-state index >= 15 is 0 Å². The van der Waals surface area contributed by atoms with E-state index in [1.807, 2.05) is 12.1 Å². The largest absolute Gasteiger partial charge is 0.276 e. The van der Waals surface area contributed by atoms with E-state index in [4.69, 9.17) is 9.97 Å². The average Bonchev–Trinajstić information content (AvgIpc) is 3.73. The zero-order chi connectivity index (χ0) is 28.6. The van der Waals surface area contributed by atoms with Crippen molar-refractivity contribution in [3.8, 4) is 17.2 Å². The summed E-state index contributed by atoms with van der Waals surface area (Å²) in [6.07, 6.45) is 0. The first-order valence-corrected chi connectivity index (χ1v) is 14.4. The summed E-state index contributed by atoms with van der Waals surface area (Å²) in [5.74, 6) is 1.70. The Morgan fingerprint density at radius 1 is 0.558 bits per heavy atom. The molecule has 10 aromatic rings. The quantitative estimate of drug-likeness (QED) is 0.206. The maximum atomic E-state index is 9.61. The summed E-state index contributed by atoms with van der Waals surface area (Å²) >= 11 is 0. The summed E-state index contributed by atoms with van der Waals surface area (Å²) in [5, 5.41) is 14.3. The molecule has 0 saturated carbocycles. The number of aryl methyl sites for hydroxylation is 2. The smallest absolute Gasteiger partial charge is 0.223 e. The van der Waals surface area contributed by atoms with Gasteiger partial charge in [0.1, 0.15) is 5.52 Å². The Kier molecular flexibility index (Phi) is 4.05. The summed E-state index contributed by atoms with van der Waals surface area (Å²) in [6, 6.07) is 36.6. The Balaban J connectivity index is 1.45. The van der Waals surface area contributed by atoms with E-state index in [-0.39, 0.29) is 0 Å². The number of benzene rings is 6. The highest BCUT2D eigenvalue weighted by atomic mass is 15.3. The maximum Gasteiger partial charge on any atom is 0.223 e. The van der Waals surface area contributed by atoms with Gasteiger partial charge in [0.05, 0.1) is 44.7 Å². The highest BCUT2D eigenvalue weighted by Gasteiger charge is 2.25. The van der Waals surface area contributed by atoms with Gasteiger partial charge in [-0.05, 0) is 106 Å². The standard InChI is InChI=1S/C37H22N6/c1-20-11-22(19-38)12-21(2)34(20)27-17-32-35-33(18-27)42-31-16-26-10-6-4-8-24(26)14-29(31)40-37(42)43(35)36-39-28-13-23-7-3-5-9-25(23)15-30(28)41(32)36/h3-18H,1-2H3. The Morgan fingerprint density at radius 2 is 1.02 bits per heavy atom. The number of nitrogens with zero attached hydrogens (tertiary/aromatic N) is 6. The van der Waals surface area contributed by atoms with Crippen LogP contribution in [0.25, 0.3) is 82.8 Å². The van der Waals surface area contributed by atoms with Crippen molar-refractivity contribution in [1.29, 1.82) is 5.26 Å². The molecule has 200 valence electrons. The van der Waals surface area contributed by atoms with Crippen molar-refractivity contribution in [3.63, 3.8) is 0 Å². The van der Waals surface area contributed by atoms with Crippen molar-refractivity contribution >= 4 is 71.7 Å². The lowest BCUT2D eigenvalue weighted by atomic mass is 9.93. The van der Waals surface area contributed by atoms with Gasteiger partial charge in [0, 0.05) is 0 Å². The minimum atomic E-state index is 0.681. The van der Waals surface area contributed by atoms with Crippen molar-refractivity contribution in [1.82, 2.24) is 23.2 Å². The predicted molar refractivity (Wildman–Crippen MR) is 173 cm³/mol.